The third-order valence-corrected chi connectivity index (χ3v) is 3.66. The van der Waals surface area contributed by atoms with Gasteiger partial charge in [-0.2, -0.15) is 0 Å². The van der Waals surface area contributed by atoms with Gasteiger partial charge in [-0.25, -0.2) is 0 Å². The lowest BCUT2D eigenvalue weighted by Crippen LogP contribution is -2.06. The number of nitrogens with zero attached hydrogens (tertiary/aromatic N) is 1. The maximum absolute atomic E-state index is 11.0. The minimum absolute atomic E-state index is 0.146. The molecule has 1 aromatic rings. The van der Waals surface area contributed by atoms with E-state index in [1.165, 1.54) is 46.0 Å². The first kappa shape index (κ1) is 20.1. The summed E-state index contributed by atoms with van der Waals surface area (Å²) in [7, 11) is 0. The first-order chi connectivity index (χ1) is 11.5. The van der Waals surface area contributed by atoms with E-state index in [9.17, 15) is 9.59 Å². The Morgan fingerprint density at radius 3 is 1.88 bits per heavy atom. The van der Waals surface area contributed by atoms with E-state index in [0.29, 0.717) is 11.4 Å². The van der Waals surface area contributed by atoms with Crippen molar-refractivity contribution in [3.63, 3.8) is 0 Å². The molecule has 1 aromatic heterocycles. The van der Waals surface area contributed by atoms with Crippen LogP contribution in [0.15, 0.2) is 12.1 Å². The third-order valence-electron chi connectivity index (χ3n) is 3.66. The molecule has 0 fully saturated rings. The van der Waals surface area contributed by atoms with Gasteiger partial charge in [-0.3, -0.25) is 14.6 Å². The highest BCUT2D eigenvalue weighted by molar-refractivity contribution is 5.66. The van der Waals surface area contributed by atoms with E-state index in [-0.39, 0.29) is 25.2 Å². The molecule has 5 heteroatoms. The van der Waals surface area contributed by atoms with Gasteiger partial charge < -0.3 is 9.47 Å². The topological polar surface area (TPSA) is 65.5 Å². The average Bonchev–Trinajstić information content (AvgIpc) is 2.54. The summed E-state index contributed by atoms with van der Waals surface area (Å²) < 4.78 is 10.0. The molecule has 0 N–H and O–H groups in total. The summed E-state index contributed by atoms with van der Waals surface area (Å²) in [6.07, 6.45) is 8.39. The van der Waals surface area contributed by atoms with Gasteiger partial charge in [0.1, 0.15) is 13.2 Å². The minimum atomic E-state index is -0.334. The molecule has 0 atom stereocenters. The fourth-order valence-corrected chi connectivity index (χ4v) is 2.47. The Labute approximate surface area is 144 Å². The van der Waals surface area contributed by atoms with Crippen molar-refractivity contribution in [2.24, 2.45) is 0 Å². The molecule has 0 spiro atoms. The smallest absolute Gasteiger partial charge is 0.303 e. The Hall–Kier alpha value is -1.91. The highest BCUT2D eigenvalue weighted by atomic mass is 16.5. The van der Waals surface area contributed by atoms with Gasteiger partial charge >= 0.3 is 11.9 Å². The van der Waals surface area contributed by atoms with Crippen LogP contribution in [0.1, 0.15) is 76.2 Å². The second-order valence-electron chi connectivity index (χ2n) is 6.04. The Bertz CT molecular complexity index is 492. The fourth-order valence-electron chi connectivity index (χ4n) is 2.47. The van der Waals surface area contributed by atoms with Crippen molar-refractivity contribution in [3.05, 3.63) is 29.1 Å². The van der Waals surface area contributed by atoms with Crippen molar-refractivity contribution in [2.75, 3.05) is 0 Å². The quantitative estimate of drug-likeness (QED) is 0.450. The van der Waals surface area contributed by atoms with Crippen LogP contribution in [-0.4, -0.2) is 16.9 Å². The number of esters is 2. The predicted molar refractivity (Wildman–Crippen MR) is 92.3 cm³/mol. The zero-order valence-corrected chi connectivity index (χ0v) is 15.1. The molecular formula is C19H29NO4. The van der Waals surface area contributed by atoms with Gasteiger partial charge in [0, 0.05) is 13.8 Å². The summed E-state index contributed by atoms with van der Waals surface area (Å²) in [5.74, 6) is -0.667. The first-order valence-corrected chi connectivity index (χ1v) is 8.76. The molecule has 0 saturated heterocycles. The number of aromatic nitrogens is 1. The molecule has 0 aliphatic rings. The van der Waals surface area contributed by atoms with Crippen LogP contribution in [0.4, 0.5) is 0 Å². The second kappa shape index (κ2) is 11.6. The van der Waals surface area contributed by atoms with Crippen LogP contribution in [-0.2, 0) is 38.7 Å². The van der Waals surface area contributed by atoms with Crippen molar-refractivity contribution >= 4 is 11.9 Å². The lowest BCUT2D eigenvalue weighted by Gasteiger charge is -2.09. The number of ether oxygens (including phenoxy) is 2. The molecular weight excluding hydrogens is 306 g/mol. The maximum atomic E-state index is 11.0. The molecule has 1 heterocycles. The van der Waals surface area contributed by atoms with Crippen LogP contribution in [0.3, 0.4) is 0 Å². The first-order valence-electron chi connectivity index (χ1n) is 8.76. The number of unbranched alkanes of at least 4 members (excludes halogenated alkanes) is 5. The molecule has 0 aliphatic heterocycles. The second-order valence-corrected chi connectivity index (χ2v) is 6.04. The number of hydrogen-bond donors (Lipinski definition) is 0. The average molecular weight is 335 g/mol. The van der Waals surface area contributed by atoms with Gasteiger partial charge in [0.05, 0.1) is 11.4 Å². The SMILES string of the molecule is CCCCCCCCc1cc(COC(C)=O)nc(COC(C)=O)c1. The number of carbonyl (C=O) groups is 2. The van der Waals surface area contributed by atoms with Crippen molar-refractivity contribution in [2.45, 2.75) is 78.9 Å². The Balaban J connectivity index is 2.62. The van der Waals surface area contributed by atoms with Crippen LogP contribution < -0.4 is 0 Å². The monoisotopic (exact) mass is 335 g/mol. The normalized spacial score (nSPS) is 10.5. The Morgan fingerprint density at radius 1 is 0.875 bits per heavy atom. The van der Waals surface area contributed by atoms with Crippen LogP contribution in [0, 0.1) is 0 Å². The largest absolute Gasteiger partial charge is 0.459 e. The summed E-state index contributed by atoms with van der Waals surface area (Å²) in [6.45, 7) is 5.26. The molecule has 0 radical (unpaired) electrons. The lowest BCUT2D eigenvalue weighted by atomic mass is 10.0. The van der Waals surface area contributed by atoms with Crippen LogP contribution in [0.5, 0.6) is 0 Å². The lowest BCUT2D eigenvalue weighted by molar-refractivity contribution is -0.142. The van der Waals surface area contributed by atoms with E-state index >= 15 is 0 Å². The van der Waals surface area contributed by atoms with Crippen molar-refractivity contribution in [1.82, 2.24) is 4.98 Å². The summed E-state index contributed by atoms with van der Waals surface area (Å²) in [5.41, 5.74) is 2.52. The molecule has 24 heavy (non-hydrogen) atoms. The maximum Gasteiger partial charge on any atom is 0.303 e. The van der Waals surface area contributed by atoms with Gasteiger partial charge in [-0.05, 0) is 30.5 Å². The van der Waals surface area contributed by atoms with Crippen molar-refractivity contribution in [3.8, 4) is 0 Å². The van der Waals surface area contributed by atoms with E-state index < -0.39 is 0 Å². The highest BCUT2D eigenvalue weighted by Gasteiger charge is 2.07. The number of rotatable bonds is 11. The number of aryl methyl sites for hydroxylation is 1. The summed E-state index contributed by atoms with van der Waals surface area (Å²) in [5, 5.41) is 0. The Kier molecular flexibility index (Phi) is 9.73. The van der Waals surface area contributed by atoms with E-state index in [4.69, 9.17) is 9.47 Å². The van der Waals surface area contributed by atoms with Crippen LogP contribution in [0.2, 0.25) is 0 Å². The van der Waals surface area contributed by atoms with Gasteiger partial charge in [0.25, 0.3) is 0 Å². The van der Waals surface area contributed by atoms with E-state index in [2.05, 4.69) is 11.9 Å². The molecule has 0 saturated carbocycles. The molecule has 0 aliphatic carbocycles. The number of carbonyl (C=O) groups excluding carboxylic acids is 2. The molecule has 5 nitrogen and oxygen atoms in total. The van der Waals surface area contributed by atoms with Crippen LogP contribution >= 0.6 is 0 Å². The fraction of sp³-hybridized carbons (Fsp3) is 0.632. The third kappa shape index (κ3) is 9.28. The van der Waals surface area contributed by atoms with Gasteiger partial charge in [0.15, 0.2) is 0 Å². The number of pyridine rings is 1. The van der Waals surface area contributed by atoms with E-state index in [1.54, 1.807) is 0 Å². The molecule has 134 valence electrons. The summed E-state index contributed by atoms with van der Waals surface area (Å²) >= 11 is 0. The summed E-state index contributed by atoms with van der Waals surface area (Å²) in [4.78, 5) is 26.4. The zero-order valence-electron chi connectivity index (χ0n) is 15.1. The molecule has 0 bridgehead atoms. The van der Waals surface area contributed by atoms with Crippen molar-refractivity contribution in [1.29, 1.82) is 0 Å². The van der Waals surface area contributed by atoms with E-state index in [1.807, 2.05) is 12.1 Å². The minimum Gasteiger partial charge on any atom is -0.459 e. The molecule has 0 aromatic carbocycles. The van der Waals surface area contributed by atoms with Gasteiger partial charge in [-0.15, -0.1) is 0 Å². The van der Waals surface area contributed by atoms with Gasteiger partial charge in [0.2, 0.25) is 0 Å². The number of hydrogen-bond acceptors (Lipinski definition) is 5. The van der Waals surface area contributed by atoms with Crippen molar-refractivity contribution < 1.29 is 19.1 Å². The zero-order chi connectivity index (χ0) is 17.8. The molecule has 1 rings (SSSR count). The van der Waals surface area contributed by atoms with Gasteiger partial charge in [-0.1, -0.05) is 39.0 Å². The summed E-state index contributed by atoms with van der Waals surface area (Å²) in [6, 6.07) is 3.93. The molecule has 0 unspecified atom stereocenters. The van der Waals surface area contributed by atoms with E-state index in [0.717, 1.165) is 18.4 Å². The predicted octanol–water partition coefficient (Wildman–Crippen LogP) is 4.11. The Morgan fingerprint density at radius 2 is 1.38 bits per heavy atom. The van der Waals surface area contributed by atoms with Crippen LogP contribution in [0.25, 0.3) is 0 Å². The standard InChI is InChI=1S/C19H29NO4/c1-4-5-6-7-8-9-10-17-11-18(13-23-15(2)21)20-19(12-17)14-24-16(3)22/h11-12H,4-10,13-14H2,1-3H3. The molecule has 0 amide bonds. The highest BCUT2D eigenvalue weighted by Crippen LogP contribution is 2.14.